The first kappa shape index (κ1) is 14.5. The molecule has 114 valence electrons. The van der Waals surface area contributed by atoms with E-state index >= 15 is 0 Å². The van der Waals surface area contributed by atoms with E-state index in [1.165, 1.54) is 24.3 Å². The standard InChI is InChI=1S/C17H11NO5/c19-14-9-12-8-11(16(20)10-4-2-1-3-5-10)6-7-13(12)15(17(14)21)18(22)23/h1-9,19,21H. The average Bonchev–Trinajstić information content (AvgIpc) is 2.55. The Hall–Kier alpha value is -3.41. The van der Waals surface area contributed by atoms with Gasteiger partial charge in [0.1, 0.15) is 0 Å². The average molecular weight is 309 g/mol. The lowest BCUT2D eigenvalue weighted by Gasteiger charge is -2.06. The maximum atomic E-state index is 12.4. The molecule has 0 atom stereocenters. The number of carbonyl (C=O) groups is 1. The van der Waals surface area contributed by atoms with Gasteiger partial charge in [-0.1, -0.05) is 36.4 Å². The second kappa shape index (κ2) is 5.42. The van der Waals surface area contributed by atoms with Crippen molar-refractivity contribution in [1.82, 2.24) is 0 Å². The first-order valence-electron chi connectivity index (χ1n) is 6.72. The minimum atomic E-state index is -0.787. The number of carbonyl (C=O) groups excluding carboxylic acids is 1. The Morgan fingerprint density at radius 1 is 0.957 bits per heavy atom. The van der Waals surface area contributed by atoms with Gasteiger partial charge in [-0.2, -0.15) is 0 Å². The van der Waals surface area contributed by atoms with E-state index in [1.807, 2.05) is 0 Å². The fourth-order valence-electron chi connectivity index (χ4n) is 2.44. The van der Waals surface area contributed by atoms with Crippen LogP contribution in [0, 0.1) is 10.1 Å². The largest absolute Gasteiger partial charge is 0.504 e. The molecule has 0 saturated carbocycles. The van der Waals surface area contributed by atoms with Crippen LogP contribution >= 0.6 is 0 Å². The number of hydrogen-bond donors (Lipinski definition) is 2. The molecule has 0 radical (unpaired) electrons. The normalized spacial score (nSPS) is 10.6. The van der Waals surface area contributed by atoms with Gasteiger partial charge < -0.3 is 10.2 Å². The van der Waals surface area contributed by atoms with Crippen molar-refractivity contribution >= 4 is 22.2 Å². The van der Waals surface area contributed by atoms with Gasteiger partial charge in [0, 0.05) is 11.1 Å². The lowest BCUT2D eigenvalue weighted by molar-refractivity contribution is -0.384. The summed E-state index contributed by atoms with van der Waals surface area (Å²) in [6.07, 6.45) is 0. The number of phenols is 2. The molecule has 3 aromatic rings. The van der Waals surface area contributed by atoms with Gasteiger partial charge in [-0.05, 0) is 23.6 Å². The van der Waals surface area contributed by atoms with Crippen LogP contribution in [0.15, 0.2) is 54.6 Å². The number of rotatable bonds is 3. The van der Waals surface area contributed by atoms with E-state index in [4.69, 9.17) is 0 Å². The third-order valence-electron chi connectivity index (χ3n) is 3.55. The number of nitrogens with zero attached hydrogens (tertiary/aromatic N) is 1. The van der Waals surface area contributed by atoms with E-state index in [1.54, 1.807) is 30.3 Å². The molecule has 0 aliphatic heterocycles. The fourth-order valence-corrected chi connectivity index (χ4v) is 2.44. The molecule has 0 spiro atoms. The summed E-state index contributed by atoms with van der Waals surface area (Å²) in [5, 5.41) is 30.9. The lowest BCUT2D eigenvalue weighted by atomic mass is 9.99. The molecular weight excluding hydrogens is 298 g/mol. The van der Waals surface area contributed by atoms with Crippen molar-refractivity contribution in [2.45, 2.75) is 0 Å². The molecule has 23 heavy (non-hydrogen) atoms. The zero-order chi connectivity index (χ0) is 16.6. The molecule has 0 unspecified atom stereocenters. The minimum absolute atomic E-state index is 0.148. The summed E-state index contributed by atoms with van der Waals surface area (Å²) in [6.45, 7) is 0. The van der Waals surface area contributed by atoms with Crippen molar-refractivity contribution in [3.63, 3.8) is 0 Å². The summed E-state index contributed by atoms with van der Waals surface area (Å²) in [5.41, 5.74) is 0.242. The van der Waals surface area contributed by atoms with Crippen LogP contribution in [0.5, 0.6) is 11.5 Å². The van der Waals surface area contributed by atoms with E-state index in [9.17, 15) is 25.1 Å². The molecule has 3 aromatic carbocycles. The van der Waals surface area contributed by atoms with Crippen LogP contribution in [0.4, 0.5) is 5.69 Å². The first-order chi connectivity index (χ1) is 11.0. The molecule has 6 heteroatoms. The third kappa shape index (κ3) is 2.46. The summed E-state index contributed by atoms with van der Waals surface area (Å²) in [5.74, 6) is -1.62. The summed E-state index contributed by atoms with van der Waals surface area (Å²) in [6, 6.07) is 14.1. The van der Waals surface area contributed by atoms with Crippen molar-refractivity contribution in [2.75, 3.05) is 0 Å². The number of phenolic OH excluding ortho intramolecular Hbond substituents is 2. The Morgan fingerprint density at radius 3 is 2.30 bits per heavy atom. The van der Waals surface area contributed by atoms with Crippen LogP contribution in [0.1, 0.15) is 15.9 Å². The lowest BCUT2D eigenvalue weighted by Crippen LogP contribution is -2.01. The highest BCUT2D eigenvalue weighted by Crippen LogP contribution is 2.41. The van der Waals surface area contributed by atoms with Gasteiger partial charge in [0.25, 0.3) is 0 Å². The summed E-state index contributed by atoms with van der Waals surface area (Å²) in [7, 11) is 0. The molecule has 3 rings (SSSR count). The molecular formula is C17H11NO5. The van der Waals surface area contributed by atoms with Gasteiger partial charge in [0.15, 0.2) is 11.5 Å². The highest BCUT2D eigenvalue weighted by molar-refractivity contribution is 6.11. The van der Waals surface area contributed by atoms with Crippen molar-refractivity contribution in [2.24, 2.45) is 0 Å². The molecule has 0 aliphatic carbocycles. The van der Waals surface area contributed by atoms with Gasteiger partial charge in [0.05, 0.1) is 10.3 Å². The summed E-state index contributed by atoms with van der Waals surface area (Å²) in [4.78, 5) is 22.7. The molecule has 0 heterocycles. The van der Waals surface area contributed by atoms with E-state index in [0.29, 0.717) is 16.5 Å². The Morgan fingerprint density at radius 2 is 1.65 bits per heavy atom. The summed E-state index contributed by atoms with van der Waals surface area (Å²) < 4.78 is 0. The van der Waals surface area contributed by atoms with Crippen LogP contribution < -0.4 is 0 Å². The zero-order valence-electron chi connectivity index (χ0n) is 11.8. The molecule has 0 saturated heterocycles. The van der Waals surface area contributed by atoms with Gasteiger partial charge in [0.2, 0.25) is 5.75 Å². The van der Waals surface area contributed by atoms with Gasteiger partial charge in [-0.25, -0.2) is 0 Å². The highest BCUT2D eigenvalue weighted by atomic mass is 16.6. The first-order valence-corrected chi connectivity index (χ1v) is 6.72. The number of benzene rings is 3. The van der Waals surface area contributed by atoms with E-state index in [2.05, 4.69) is 0 Å². The number of hydrogen-bond acceptors (Lipinski definition) is 5. The number of nitro groups is 1. The van der Waals surface area contributed by atoms with Crippen LogP contribution in [-0.2, 0) is 0 Å². The Labute approximate surface area is 130 Å². The minimum Gasteiger partial charge on any atom is -0.504 e. The molecule has 0 amide bonds. The Bertz CT molecular complexity index is 935. The van der Waals surface area contributed by atoms with Crippen molar-refractivity contribution in [1.29, 1.82) is 0 Å². The number of fused-ring (bicyclic) bond motifs is 1. The van der Waals surface area contributed by atoms with Crippen LogP contribution in [0.3, 0.4) is 0 Å². The number of nitro benzene ring substituents is 1. The Kier molecular flexibility index (Phi) is 3.42. The zero-order valence-corrected chi connectivity index (χ0v) is 11.8. The number of aromatic hydroxyl groups is 2. The predicted molar refractivity (Wildman–Crippen MR) is 83.8 cm³/mol. The molecule has 0 aromatic heterocycles. The van der Waals surface area contributed by atoms with Gasteiger partial charge in [-0.3, -0.25) is 14.9 Å². The SMILES string of the molecule is O=C(c1ccccc1)c1ccc2c([N+](=O)[O-])c(O)c(O)cc2c1. The smallest absolute Gasteiger partial charge is 0.322 e. The molecule has 0 fully saturated rings. The van der Waals surface area contributed by atoms with E-state index < -0.39 is 22.1 Å². The molecule has 0 bridgehead atoms. The summed E-state index contributed by atoms with van der Waals surface area (Å²) >= 11 is 0. The molecule has 0 aliphatic rings. The molecule has 2 N–H and O–H groups in total. The van der Waals surface area contributed by atoms with E-state index in [-0.39, 0.29) is 11.2 Å². The second-order valence-electron chi connectivity index (χ2n) is 4.98. The monoisotopic (exact) mass is 309 g/mol. The third-order valence-corrected chi connectivity index (χ3v) is 3.55. The van der Waals surface area contributed by atoms with Gasteiger partial charge in [-0.15, -0.1) is 0 Å². The number of ketones is 1. The van der Waals surface area contributed by atoms with Crippen LogP contribution in [-0.4, -0.2) is 20.9 Å². The van der Waals surface area contributed by atoms with Crippen LogP contribution in [0.2, 0.25) is 0 Å². The highest BCUT2D eigenvalue weighted by Gasteiger charge is 2.23. The fraction of sp³-hybridized carbons (Fsp3) is 0. The maximum Gasteiger partial charge on any atom is 0.322 e. The topological polar surface area (TPSA) is 101 Å². The molecule has 6 nitrogen and oxygen atoms in total. The van der Waals surface area contributed by atoms with Crippen molar-refractivity contribution in [3.05, 3.63) is 75.8 Å². The predicted octanol–water partition coefficient (Wildman–Crippen LogP) is 3.39. The van der Waals surface area contributed by atoms with Crippen molar-refractivity contribution in [3.8, 4) is 11.5 Å². The van der Waals surface area contributed by atoms with Crippen LogP contribution in [0.25, 0.3) is 10.8 Å². The van der Waals surface area contributed by atoms with Crippen molar-refractivity contribution < 1.29 is 19.9 Å². The van der Waals surface area contributed by atoms with Gasteiger partial charge >= 0.3 is 5.69 Å². The quantitative estimate of drug-likeness (QED) is 0.334. The second-order valence-corrected chi connectivity index (χ2v) is 4.98. The van der Waals surface area contributed by atoms with E-state index in [0.717, 1.165) is 0 Å². The Balaban J connectivity index is 2.19. The maximum absolute atomic E-state index is 12.4.